The monoisotopic (exact) mass is 437 g/mol. The highest BCUT2D eigenvalue weighted by Crippen LogP contribution is 2.31. The van der Waals surface area contributed by atoms with Gasteiger partial charge in [-0.3, -0.25) is 9.69 Å². The highest BCUT2D eigenvalue weighted by atomic mass is 32.1. The van der Waals surface area contributed by atoms with Gasteiger partial charge in [-0.1, -0.05) is 30.3 Å². The predicted octanol–water partition coefficient (Wildman–Crippen LogP) is 5.30. The molecule has 0 aliphatic rings. The lowest BCUT2D eigenvalue weighted by atomic mass is 10.2. The van der Waals surface area contributed by atoms with Crippen molar-refractivity contribution in [3.63, 3.8) is 0 Å². The average molecular weight is 437 g/mol. The first-order chi connectivity index (χ1) is 15.0. The highest BCUT2D eigenvalue weighted by molar-refractivity contribution is 7.14. The van der Waals surface area contributed by atoms with Gasteiger partial charge in [-0.05, 0) is 25.1 Å². The van der Waals surface area contributed by atoms with E-state index in [1.807, 2.05) is 35.8 Å². The standard InChI is InChI=1S/C23H20FN3O3S/c1-3-26-12-18(17-8-4-6-10-20(17)26)22(29)30-13-16-14-31-23(25-16)27(15(2)28)21-11-7-5-9-19(21)24/h4-12,14H,3,13H2,1-2H3. The zero-order chi connectivity index (χ0) is 22.0. The fourth-order valence-electron chi connectivity index (χ4n) is 3.39. The Hall–Kier alpha value is -3.52. The molecule has 0 radical (unpaired) electrons. The maximum Gasteiger partial charge on any atom is 0.340 e. The number of aromatic nitrogens is 2. The summed E-state index contributed by atoms with van der Waals surface area (Å²) in [6, 6.07) is 13.7. The topological polar surface area (TPSA) is 64.4 Å². The number of nitrogens with zero attached hydrogens (tertiary/aromatic N) is 3. The molecule has 0 unspecified atom stereocenters. The molecule has 0 N–H and O–H groups in total. The van der Waals surface area contributed by atoms with E-state index in [4.69, 9.17) is 4.74 Å². The second kappa shape index (κ2) is 8.69. The molecule has 158 valence electrons. The smallest absolute Gasteiger partial charge is 0.340 e. The van der Waals surface area contributed by atoms with Crippen LogP contribution in [0.2, 0.25) is 0 Å². The van der Waals surface area contributed by atoms with Gasteiger partial charge in [0, 0.05) is 35.9 Å². The molecule has 2 heterocycles. The number of esters is 1. The lowest BCUT2D eigenvalue weighted by Crippen LogP contribution is -2.23. The van der Waals surface area contributed by atoms with E-state index in [9.17, 15) is 14.0 Å². The second-order valence-electron chi connectivity index (χ2n) is 6.85. The fraction of sp³-hybridized carbons (Fsp3) is 0.174. The number of anilines is 2. The third kappa shape index (κ3) is 4.06. The van der Waals surface area contributed by atoms with Crippen molar-refractivity contribution in [3.05, 3.63) is 77.2 Å². The molecule has 0 atom stereocenters. The van der Waals surface area contributed by atoms with Crippen LogP contribution in [-0.4, -0.2) is 21.4 Å². The molecule has 0 bridgehead atoms. The van der Waals surface area contributed by atoms with E-state index in [-0.39, 0.29) is 18.2 Å². The Bertz CT molecular complexity index is 1260. The minimum atomic E-state index is -0.520. The predicted molar refractivity (Wildman–Crippen MR) is 118 cm³/mol. The summed E-state index contributed by atoms with van der Waals surface area (Å²) in [4.78, 5) is 30.4. The number of para-hydroxylation sites is 2. The van der Waals surface area contributed by atoms with Gasteiger partial charge in [0.25, 0.3) is 0 Å². The van der Waals surface area contributed by atoms with Gasteiger partial charge in [-0.15, -0.1) is 11.3 Å². The first-order valence-electron chi connectivity index (χ1n) is 9.74. The number of aryl methyl sites for hydroxylation is 1. The summed E-state index contributed by atoms with van der Waals surface area (Å²) in [7, 11) is 0. The molecule has 0 spiro atoms. The molecule has 6 nitrogen and oxygen atoms in total. The van der Waals surface area contributed by atoms with E-state index in [1.54, 1.807) is 23.7 Å². The summed E-state index contributed by atoms with van der Waals surface area (Å²) >= 11 is 1.18. The minimum absolute atomic E-state index is 0.0516. The van der Waals surface area contributed by atoms with Crippen LogP contribution in [0.3, 0.4) is 0 Å². The summed E-state index contributed by atoms with van der Waals surface area (Å²) in [5, 5.41) is 2.83. The number of rotatable bonds is 6. The molecule has 8 heteroatoms. The van der Waals surface area contributed by atoms with Crippen molar-refractivity contribution in [1.29, 1.82) is 0 Å². The molecule has 0 fully saturated rings. The van der Waals surface area contributed by atoms with Gasteiger partial charge in [0.15, 0.2) is 5.13 Å². The van der Waals surface area contributed by atoms with Crippen LogP contribution in [0, 0.1) is 5.82 Å². The maximum atomic E-state index is 14.2. The Labute approximate surface area is 182 Å². The van der Waals surface area contributed by atoms with Gasteiger partial charge in [0.1, 0.15) is 12.4 Å². The summed E-state index contributed by atoms with van der Waals surface area (Å²) in [6.07, 6.45) is 1.79. The second-order valence-corrected chi connectivity index (χ2v) is 7.69. The zero-order valence-electron chi connectivity index (χ0n) is 17.0. The largest absolute Gasteiger partial charge is 0.455 e. The van der Waals surface area contributed by atoms with Gasteiger partial charge in [0.2, 0.25) is 5.91 Å². The van der Waals surface area contributed by atoms with Crippen molar-refractivity contribution in [2.24, 2.45) is 0 Å². The number of amides is 1. The number of ether oxygens (including phenoxy) is 1. The molecular formula is C23H20FN3O3S. The van der Waals surface area contributed by atoms with Crippen molar-refractivity contribution < 1.29 is 18.7 Å². The lowest BCUT2D eigenvalue weighted by Gasteiger charge is -2.18. The number of benzene rings is 2. The van der Waals surface area contributed by atoms with Crippen LogP contribution in [0.25, 0.3) is 10.9 Å². The van der Waals surface area contributed by atoms with Crippen LogP contribution < -0.4 is 4.90 Å². The molecule has 2 aromatic carbocycles. The SMILES string of the molecule is CCn1cc(C(=O)OCc2csc(N(C(C)=O)c3ccccc3F)n2)c2ccccc21. The molecule has 0 saturated carbocycles. The Morgan fingerprint density at radius 2 is 1.90 bits per heavy atom. The molecule has 0 aliphatic carbocycles. The number of hydrogen-bond acceptors (Lipinski definition) is 5. The number of hydrogen-bond donors (Lipinski definition) is 0. The summed E-state index contributed by atoms with van der Waals surface area (Å²) < 4.78 is 21.7. The third-order valence-corrected chi connectivity index (χ3v) is 5.71. The van der Waals surface area contributed by atoms with Gasteiger partial charge in [-0.25, -0.2) is 14.2 Å². The van der Waals surface area contributed by atoms with Crippen molar-refractivity contribution in [1.82, 2.24) is 9.55 Å². The van der Waals surface area contributed by atoms with E-state index in [1.165, 1.54) is 35.3 Å². The Morgan fingerprint density at radius 3 is 2.65 bits per heavy atom. The quantitative estimate of drug-likeness (QED) is 0.384. The highest BCUT2D eigenvalue weighted by Gasteiger charge is 2.22. The van der Waals surface area contributed by atoms with Gasteiger partial charge in [-0.2, -0.15) is 0 Å². The summed E-state index contributed by atoms with van der Waals surface area (Å²) in [5.41, 5.74) is 2.06. The lowest BCUT2D eigenvalue weighted by molar-refractivity contribution is -0.115. The van der Waals surface area contributed by atoms with Crippen LogP contribution in [0.4, 0.5) is 15.2 Å². The minimum Gasteiger partial charge on any atom is -0.455 e. The molecule has 0 saturated heterocycles. The molecule has 4 aromatic rings. The summed E-state index contributed by atoms with van der Waals surface area (Å²) in [6.45, 7) is 4.04. The van der Waals surface area contributed by atoms with Crippen LogP contribution in [0.1, 0.15) is 29.9 Å². The number of carbonyl (C=O) groups is 2. The molecule has 4 rings (SSSR count). The van der Waals surface area contributed by atoms with E-state index in [0.29, 0.717) is 16.4 Å². The van der Waals surface area contributed by atoms with Gasteiger partial charge in [0.05, 0.1) is 16.9 Å². The molecule has 2 aromatic heterocycles. The molecule has 0 aliphatic heterocycles. The molecule has 1 amide bonds. The van der Waals surface area contributed by atoms with Crippen LogP contribution in [-0.2, 0) is 22.7 Å². The Morgan fingerprint density at radius 1 is 1.16 bits per heavy atom. The number of thiazole rings is 1. The number of carbonyl (C=O) groups excluding carboxylic acids is 2. The van der Waals surface area contributed by atoms with E-state index in [0.717, 1.165) is 17.4 Å². The fourth-order valence-corrected chi connectivity index (χ4v) is 4.26. The van der Waals surface area contributed by atoms with Crippen LogP contribution in [0.15, 0.2) is 60.1 Å². The van der Waals surface area contributed by atoms with E-state index < -0.39 is 11.8 Å². The van der Waals surface area contributed by atoms with Crippen LogP contribution >= 0.6 is 11.3 Å². The zero-order valence-corrected chi connectivity index (χ0v) is 17.9. The molecular weight excluding hydrogens is 417 g/mol. The number of fused-ring (bicyclic) bond motifs is 1. The Kier molecular flexibility index (Phi) is 5.81. The van der Waals surface area contributed by atoms with Crippen molar-refractivity contribution in [2.75, 3.05) is 4.90 Å². The van der Waals surface area contributed by atoms with Crippen molar-refractivity contribution in [2.45, 2.75) is 27.0 Å². The van der Waals surface area contributed by atoms with Gasteiger partial charge >= 0.3 is 5.97 Å². The van der Waals surface area contributed by atoms with Crippen molar-refractivity contribution >= 4 is 44.9 Å². The average Bonchev–Trinajstić information content (AvgIpc) is 3.38. The van der Waals surface area contributed by atoms with Crippen molar-refractivity contribution in [3.8, 4) is 0 Å². The summed E-state index contributed by atoms with van der Waals surface area (Å²) in [5.74, 6) is -1.33. The first kappa shape index (κ1) is 20.7. The third-order valence-electron chi connectivity index (χ3n) is 4.84. The van der Waals surface area contributed by atoms with E-state index in [2.05, 4.69) is 4.98 Å². The normalized spacial score (nSPS) is 10.9. The Balaban J connectivity index is 1.53. The van der Waals surface area contributed by atoms with E-state index >= 15 is 0 Å². The number of halogens is 1. The van der Waals surface area contributed by atoms with Crippen LogP contribution in [0.5, 0.6) is 0 Å². The van der Waals surface area contributed by atoms with Gasteiger partial charge < -0.3 is 9.30 Å². The molecule has 31 heavy (non-hydrogen) atoms. The first-order valence-corrected chi connectivity index (χ1v) is 10.6. The maximum absolute atomic E-state index is 14.2.